The molecule has 3 saturated carbocycles. The van der Waals surface area contributed by atoms with Crippen molar-refractivity contribution in [3.8, 4) is 0 Å². The van der Waals surface area contributed by atoms with Gasteiger partial charge in [0.15, 0.2) is 23.6 Å². The van der Waals surface area contributed by atoms with Crippen molar-refractivity contribution in [2.45, 2.75) is 90.2 Å². The van der Waals surface area contributed by atoms with Crippen LogP contribution in [-0.2, 0) is 33.3 Å². The molecule has 5 rings (SSSR count). The molecule has 3 aliphatic carbocycles. The minimum Gasteiger partial charge on any atom is -0.458 e. The smallest absolute Gasteiger partial charge is 0.338 e. The van der Waals surface area contributed by atoms with Crippen molar-refractivity contribution >= 4 is 29.7 Å². The van der Waals surface area contributed by atoms with Crippen molar-refractivity contribution in [2.24, 2.45) is 28.1 Å². The average molecular weight is 693 g/mol. The molecule has 0 spiro atoms. The van der Waals surface area contributed by atoms with E-state index in [-0.39, 0.29) is 17.5 Å². The predicted molar refractivity (Wildman–Crippen MR) is 176 cm³/mol. The molecule has 12 nitrogen and oxygen atoms in total. The Kier molecular flexibility index (Phi) is 9.63. The summed E-state index contributed by atoms with van der Waals surface area (Å²) in [5.74, 6) is -7.18. The highest BCUT2D eigenvalue weighted by molar-refractivity contribution is 5.97. The lowest BCUT2D eigenvalue weighted by Crippen LogP contribution is -2.84. The zero-order valence-electron chi connectivity index (χ0n) is 28.9. The molecular weight excluding hydrogens is 648 g/mol. The lowest BCUT2D eigenvalue weighted by Gasteiger charge is -2.70. The summed E-state index contributed by atoms with van der Waals surface area (Å²) in [5, 5.41) is 37.2. The third-order valence-corrected chi connectivity index (χ3v) is 11.1. The van der Waals surface area contributed by atoms with Gasteiger partial charge in [-0.1, -0.05) is 63.2 Å². The molecule has 11 unspecified atom stereocenters. The number of allylic oxidation sites excluding steroid dienone is 1. The predicted octanol–water partition coefficient (Wildman–Crippen LogP) is 3.21. The van der Waals surface area contributed by atoms with Gasteiger partial charge in [0.1, 0.15) is 18.3 Å². The van der Waals surface area contributed by atoms with E-state index in [1.54, 1.807) is 50.2 Å². The number of hydrogen-bond acceptors (Lipinski definition) is 12. The second-order valence-corrected chi connectivity index (χ2v) is 14.7. The van der Waals surface area contributed by atoms with E-state index in [2.05, 4.69) is 6.58 Å². The number of aliphatic hydroxyl groups is 3. The summed E-state index contributed by atoms with van der Waals surface area (Å²) in [6.45, 7) is 12.1. The highest BCUT2D eigenvalue weighted by Gasteiger charge is 2.81. The number of carbonyl (C=O) groups is 5. The van der Waals surface area contributed by atoms with E-state index in [1.165, 1.54) is 44.2 Å². The zero-order valence-corrected chi connectivity index (χ0v) is 28.9. The molecule has 2 aromatic rings. The standard InChI is InChI=1S/C38H44O12/c1-8-36(6)19-24(49-32(43)22-15-11-9-12-16-22)27-37(7)28(25(41)30(48-21(3)40)38(27,46)34(36)45)35(4,5)29(42)26(47-20(2)39)31(37)50-33(44)23-17-13-10-14-18-23/h8-18,24-31,41-42,46H,1,19H2,2-7H3. The molecule has 0 amide bonds. The van der Waals surface area contributed by atoms with Crippen LogP contribution in [-0.4, -0.2) is 87.2 Å². The Morgan fingerprint density at radius 1 is 0.760 bits per heavy atom. The first-order chi connectivity index (χ1) is 23.3. The Bertz CT molecular complexity index is 1670. The van der Waals surface area contributed by atoms with Gasteiger partial charge in [0.2, 0.25) is 0 Å². The topological polar surface area (TPSA) is 183 Å². The number of ketones is 1. The third-order valence-electron chi connectivity index (χ3n) is 11.1. The first-order valence-electron chi connectivity index (χ1n) is 16.5. The number of esters is 4. The van der Waals surface area contributed by atoms with Crippen LogP contribution in [0.4, 0.5) is 0 Å². The number of benzene rings is 2. The number of aliphatic hydroxyl groups excluding tert-OH is 2. The summed E-state index contributed by atoms with van der Waals surface area (Å²) < 4.78 is 23.6. The maximum Gasteiger partial charge on any atom is 0.338 e. The maximum absolute atomic E-state index is 14.7. The van der Waals surface area contributed by atoms with Gasteiger partial charge in [0.05, 0.1) is 22.6 Å². The Morgan fingerprint density at radius 2 is 1.26 bits per heavy atom. The van der Waals surface area contributed by atoms with Crippen LogP contribution >= 0.6 is 0 Å². The van der Waals surface area contributed by atoms with Gasteiger partial charge in [-0.3, -0.25) is 14.4 Å². The van der Waals surface area contributed by atoms with Gasteiger partial charge in [-0.05, 0) is 31.2 Å². The number of ether oxygens (including phenoxy) is 4. The Balaban J connectivity index is 1.82. The largest absolute Gasteiger partial charge is 0.458 e. The van der Waals surface area contributed by atoms with Crippen molar-refractivity contribution in [2.75, 3.05) is 0 Å². The van der Waals surface area contributed by atoms with Crippen LogP contribution in [0.5, 0.6) is 0 Å². The lowest BCUT2D eigenvalue weighted by atomic mass is 9.38. The molecule has 268 valence electrons. The SMILES string of the molecule is C=CC1(C)CC(OC(=O)c2ccccc2)C2C(O)(C1=O)C(OC(C)=O)C(O)C1C(C)(C)C(O)C(OC(C)=O)C(OC(=O)c3ccccc3)C12C. The minimum atomic E-state index is -2.80. The summed E-state index contributed by atoms with van der Waals surface area (Å²) in [7, 11) is 0. The van der Waals surface area contributed by atoms with Crippen LogP contribution in [0.3, 0.4) is 0 Å². The third kappa shape index (κ3) is 5.72. The maximum atomic E-state index is 14.7. The fourth-order valence-electron chi connectivity index (χ4n) is 9.08. The quantitative estimate of drug-likeness (QED) is 0.219. The van der Waals surface area contributed by atoms with Crippen LogP contribution in [0.15, 0.2) is 73.3 Å². The van der Waals surface area contributed by atoms with Gasteiger partial charge in [-0.25, -0.2) is 9.59 Å². The molecule has 0 heterocycles. The number of fused-ring (bicyclic) bond motifs is 3. The molecule has 11 atom stereocenters. The van der Waals surface area contributed by atoms with Gasteiger partial charge in [-0.2, -0.15) is 0 Å². The monoisotopic (exact) mass is 692 g/mol. The van der Waals surface area contributed by atoms with Crippen LogP contribution in [0.1, 0.15) is 68.7 Å². The van der Waals surface area contributed by atoms with Crippen molar-refractivity contribution in [1.82, 2.24) is 0 Å². The molecule has 0 aromatic heterocycles. The van der Waals surface area contributed by atoms with Crippen molar-refractivity contribution in [3.63, 3.8) is 0 Å². The van der Waals surface area contributed by atoms with E-state index in [0.717, 1.165) is 13.8 Å². The van der Waals surface area contributed by atoms with Crippen LogP contribution in [0.25, 0.3) is 0 Å². The summed E-state index contributed by atoms with van der Waals surface area (Å²) in [4.78, 5) is 67.5. The molecule has 12 heteroatoms. The van der Waals surface area contributed by atoms with E-state index in [0.29, 0.717) is 0 Å². The molecule has 0 aliphatic heterocycles. The average Bonchev–Trinajstić information content (AvgIpc) is 3.06. The molecule has 3 fully saturated rings. The molecule has 0 saturated heterocycles. The number of hydrogen-bond donors (Lipinski definition) is 3. The Hall–Kier alpha value is -4.39. The number of carbonyl (C=O) groups excluding carboxylic acids is 5. The highest BCUT2D eigenvalue weighted by atomic mass is 16.6. The minimum absolute atomic E-state index is 0.101. The van der Waals surface area contributed by atoms with E-state index in [9.17, 15) is 39.3 Å². The van der Waals surface area contributed by atoms with Crippen LogP contribution in [0.2, 0.25) is 0 Å². The first kappa shape index (κ1) is 36.9. The summed E-state index contributed by atoms with van der Waals surface area (Å²) >= 11 is 0. The van der Waals surface area contributed by atoms with Gasteiger partial charge in [-0.15, -0.1) is 6.58 Å². The molecule has 50 heavy (non-hydrogen) atoms. The van der Waals surface area contributed by atoms with Crippen molar-refractivity contribution < 1.29 is 58.2 Å². The summed E-state index contributed by atoms with van der Waals surface area (Å²) in [6.07, 6.45) is -8.95. The van der Waals surface area contributed by atoms with Gasteiger partial charge >= 0.3 is 23.9 Å². The van der Waals surface area contributed by atoms with Crippen molar-refractivity contribution in [1.29, 1.82) is 0 Å². The molecule has 0 radical (unpaired) electrons. The number of Topliss-reactive ketones (excluding diaryl/α,β-unsaturated/α-hetero) is 1. The van der Waals surface area contributed by atoms with Crippen LogP contribution < -0.4 is 0 Å². The number of rotatable bonds is 7. The second kappa shape index (κ2) is 13.1. The molecule has 3 aliphatic rings. The fraction of sp³-hybridized carbons (Fsp3) is 0.500. The van der Waals surface area contributed by atoms with E-state index < -0.39 is 100.0 Å². The van der Waals surface area contributed by atoms with Crippen molar-refractivity contribution in [3.05, 3.63) is 84.4 Å². The highest BCUT2D eigenvalue weighted by Crippen LogP contribution is 2.67. The van der Waals surface area contributed by atoms with Gasteiger partial charge in [0, 0.05) is 42.9 Å². The second-order valence-electron chi connectivity index (χ2n) is 14.7. The molecule has 0 bridgehead atoms. The molecule has 2 aromatic carbocycles. The van der Waals surface area contributed by atoms with E-state index in [4.69, 9.17) is 18.9 Å². The van der Waals surface area contributed by atoms with E-state index in [1.807, 2.05) is 0 Å². The van der Waals surface area contributed by atoms with Crippen LogP contribution in [0, 0.1) is 28.1 Å². The zero-order chi connectivity index (χ0) is 37.0. The van der Waals surface area contributed by atoms with E-state index >= 15 is 0 Å². The normalized spacial score (nSPS) is 37.3. The lowest BCUT2D eigenvalue weighted by molar-refractivity contribution is -0.338. The fourth-order valence-corrected chi connectivity index (χ4v) is 9.08. The first-order valence-corrected chi connectivity index (χ1v) is 16.5. The summed E-state index contributed by atoms with van der Waals surface area (Å²) in [5.41, 5.74) is -7.40. The Labute approximate surface area is 290 Å². The Morgan fingerprint density at radius 3 is 1.74 bits per heavy atom. The summed E-state index contributed by atoms with van der Waals surface area (Å²) in [6, 6.07) is 15.9. The molecule has 3 N–H and O–H groups in total. The van der Waals surface area contributed by atoms with Gasteiger partial charge < -0.3 is 34.3 Å². The van der Waals surface area contributed by atoms with Gasteiger partial charge in [0.25, 0.3) is 0 Å². The molecular formula is C38H44O12.